The maximum absolute atomic E-state index is 12.2. The number of phenols is 1. The summed E-state index contributed by atoms with van der Waals surface area (Å²) in [5.41, 5.74) is 0.804. The Kier molecular flexibility index (Phi) is 3.52. The first-order valence-corrected chi connectivity index (χ1v) is 6.00. The molecule has 1 fully saturated rings. The van der Waals surface area contributed by atoms with Gasteiger partial charge in [0, 0.05) is 25.8 Å². The second-order valence-corrected chi connectivity index (χ2v) is 4.41. The molecule has 1 aromatic rings. The number of carbonyl (C=O) groups excluding carboxylic acids is 1. The van der Waals surface area contributed by atoms with Gasteiger partial charge in [-0.15, -0.1) is 0 Å². The fourth-order valence-corrected chi connectivity index (χ4v) is 2.08. The van der Waals surface area contributed by atoms with Crippen molar-refractivity contribution < 1.29 is 9.90 Å². The summed E-state index contributed by atoms with van der Waals surface area (Å²) in [4.78, 5) is 15.7. The molecular formula is C13H18N2O2. The summed E-state index contributed by atoms with van der Waals surface area (Å²) < 4.78 is 0. The average Bonchev–Trinajstić information content (AvgIpc) is 2.39. The molecule has 1 aromatic carbocycles. The van der Waals surface area contributed by atoms with Crippen molar-refractivity contribution >= 4 is 11.7 Å². The smallest absolute Gasteiger partial charge is 0.324 e. The number of aromatic hydroxyl groups is 1. The number of hydrogen-bond acceptors (Lipinski definition) is 2. The summed E-state index contributed by atoms with van der Waals surface area (Å²) in [5.74, 6) is 0.215. The highest BCUT2D eigenvalue weighted by Gasteiger charge is 2.20. The second kappa shape index (κ2) is 5.08. The lowest BCUT2D eigenvalue weighted by molar-refractivity contribution is 0.194. The third kappa shape index (κ3) is 2.70. The lowest BCUT2D eigenvalue weighted by Crippen LogP contribution is -2.43. The quantitative estimate of drug-likeness (QED) is 0.811. The maximum atomic E-state index is 12.2. The normalized spacial score (nSPS) is 15.7. The summed E-state index contributed by atoms with van der Waals surface area (Å²) in [6, 6.07) is 6.72. The molecular weight excluding hydrogens is 216 g/mol. The van der Waals surface area contributed by atoms with Gasteiger partial charge in [0.25, 0.3) is 0 Å². The van der Waals surface area contributed by atoms with Gasteiger partial charge < -0.3 is 10.0 Å². The Balaban J connectivity index is 2.05. The fourth-order valence-electron chi connectivity index (χ4n) is 2.08. The average molecular weight is 234 g/mol. The van der Waals surface area contributed by atoms with Gasteiger partial charge in [0.1, 0.15) is 5.75 Å². The highest BCUT2D eigenvalue weighted by molar-refractivity contribution is 5.91. The molecule has 0 saturated carbocycles. The van der Waals surface area contributed by atoms with E-state index in [0.29, 0.717) is 0 Å². The predicted octanol–water partition coefficient (Wildman–Crippen LogP) is 2.43. The van der Waals surface area contributed by atoms with Crippen LogP contribution in [0.15, 0.2) is 24.3 Å². The van der Waals surface area contributed by atoms with E-state index in [1.165, 1.54) is 6.42 Å². The number of nitrogens with zero attached hydrogens (tertiary/aromatic N) is 2. The molecule has 1 aliphatic rings. The first kappa shape index (κ1) is 11.8. The molecule has 2 rings (SSSR count). The summed E-state index contributed by atoms with van der Waals surface area (Å²) >= 11 is 0. The first-order valence-electron chi connectivity index (χ1n) is 6.00. The molecule has 0 bridgehead atoms. The van der Waals surface area contributed by atoms with Crippen LogP contribution in [-0.2, 0) is 0 Å². The van der Waals surface area contributed by atoms with Crippen LogP contribution >= 0.6 is 0 Å². The van der Waals surface area contributed by atoms with Crippen LogP contribution in [0.25, 0.3) is 0 Å². The van der Waals surface area contributed by atoms with E-state index >= 15 is 0 Å². The predicted molar refractivity (Wildman–Crippen MR) is 67.3 cm³/mol. The van der Waals surface area contributed by atoms with E-state index in [1.54, 1.807) is 36.2 Å². The molecule has 0 atom stereocenters. The SMILES string of the molecule is CN(C(=O)N1CCCCC1)c1ccc(O)cc1. The van der Waals surface area contributed by atoms with Gasteiger partial charge in [0.05, 0.1) is 0 Å². The Bertz CT molecular complexity index is 383. The highest BCUT2D eigenvalue weighted by atomic mass is 16.3. The number of amides is 2. The zero-order valence-corrected chi connectivity index (χ0v) is 10.1. The molecule has 92 valence electrons. The van der Waals surface area contributed by atoms with E-state index in [4.69, 9.17) is 0 Å². The van der Waals surface area contributed by atoms with Crippen LogP contribution in [0.3, 0.4) is 0 Å². The van der Waals surface area contributed by atoms with Gasteiger partial charge in [-0.1, -0.05) is 0 Å². The van der Waals surface area contributed by atoms with Crippen LogP contribution in [0.1, 0.15) is 19.3 Å². The van der Waals surface area contributed by atoms with E-state index in [2.05, 4.69) is 0 Å². The van der Waals surface area contributed by atoms with Gasteiger partial charge in [-0.2, -0.15) is 0 Å². The molecule has 0 aliphatic carbocycles. The van der Waals surface area contributed by atoms with Gasteiger partial charge >= 0.3 is 6.03 Å². The molecule has 1 saturated heterocycles. The Morgan fingerprint density at radius 1 is 1.18 bits per heavy atom. The minimum atomic E-state index is 0.0374. The Labute approximate surface area is 101 Å². The summed E-state index contributed by atoms with van der Waals surface area (Å²) in [6.07, 6.45) is 3.40. The number of anilines is 1. The minimum absolute atomic E-state index is 0.0374. The number of phenolic OH excluding ortho intramolecular Hbond substituents is 1. The number of rotatable bonds is 1. The van der Waals surface area contributed by atoms with Crippen molar-refractivity contribution in [3.63, 3.8) is 0 Å². The number of benzene rings is 1. The van der Waals surface area contributed by atoms with E-state index in [-0.39, 0.29) is 11.8 Å². The van der Waals surface area contributed by atoms with Crippen LogP contribution in [0.2, 0.25) is 0 Å². The van der Waals surface area contributed by atoms with Crippen molar-refractivity contribution in [1.82, 2.24) is 4.90 Å². The third-order valence-corrected chi connectivity index (χ3v) is 3.15. The van der Waals surface area contributed by atoms with Crippen LogP contribution in [0, 0.1) is 0 Å². The number of urea groups is 1. The van der Waals surface area contributed by atoms with E-state index < -0.39 is 0 Å². The van der Waals surface area contributed by atoms with E-state index in [9.17, 15) is 9.90 Å². The lowest BCUT2D eigenvalue weighted by Gasteiger charge is -2.31. The minimum Gasteiger partial charge on any atom is -0.508 e. The molecule has 4 nitrogen and oxygen atoms in total. The van der Waals surface area contributed by atoms with Crippen LogP contribution in [-0.4, -0.2) is 36.2 Å². The number of likely N-dealkylation sites (tertiary alicyclic amines) is 1. The molecule has 1 aliphatic heterocycles. The number of carbonyl (C=O) groups is 1. The monoisotopic (exact) mass is 234 g/mol. The van der Waals surface area contributed by atoms with Crippen LogP contribution in [0.4, 0.5) is 10.5 Å². The Morgan fingerprint density at radius 2 is 1.76 bits per heavy atom. The molecule has 0 radical (unpaired) electrons. The van der Waals surface area contributed by atoms with Gasteiger partial charge in [0.15, 0.2) is 0 Å². The van der Waals surface area contributed by atoms with Crippen LogP contribution in [0.5, 0.6) is 5.75 Å². The summed E-state index contributed by atoms with van der Waals surface area (Å²) in [5, 5.41) is 9.21. The largest absolute Gasteiger partial charge is 0.508 e. The fraction of sp³-hybridized carbons (Fsp3) is 0.462. The van der Waals surface area contributed by atoms with Crippen molar-refractivity contribution in [2.45, 2.75) is 19.3 Å². The van der Waals surface area contributed by atoms with Crippen molar-refractivity contribution in [3.8, 4) is 5.75 Å². The maximum Gasteiger partial charge on any atom is 0.324 e. The molecule has 0 spiro atoms. The lowest BCUT2D eigenvalue weighted by atomic mass is 10.1. The molecule has 1 heterocycles. The van der Waals surface area contributed by atoms with Crippen molar-refractivity contribution in [2.75, 3.05) is 25.0 Å². The molecule has 1 N–H and O–H groups in total. The first-order chi connectivity index (χ1) is 8.18. The van der Waals surface area contributed by atoms with E-state index in [0.717, 1.165) is 31.6 Å². The molecule has 0 aromatic heterocycles. The molecule has 0 unspecified atom stereocenters. The van der Waals surface area contributed by atoms with Gasteiger partial charge in [-0.05, 0) is 43.5 Å². The van der Waals surface area contributed by atoms with Crippen LogP contribution < -0.4 is 4.90 Å². The van der Waals surface area contributed by atoms with Crippen molar-refractivity contribution in [3.05, 3.63) is 24.3 Å². The zero-order valence-electron chi connectivity index (χ0n) is 10.1. The number of hydrogen-bond donors (Lipinski definition) is 1. The van der Waals surface area contributed by atoms with Crippen molar-refractivity contribution in [1.29, 1.82) is 0 Å². The van der Waals surface area contributed by atoms with Gasteiger partial charge in [0.2, 0.25) is 0 Å². The van der Waals surface area contributed by atoms with Crippen molar-refractivity contribution in [2.24, 2.45) is 0 Å². The standard InChI is InChI=1S/C13H18N2O2/c1-14(11-5-7-12(16)8-6-11)13(17)15-9-3-2-4-10-15/h5-8,16H,2-4,9-10H2,1H3. The Hall–Kier alpha value is -1.71. The summed E-state index contributed by atoms with van der Waals surface area (Å²) in [7, 11) is 1.77. The third-order valence-electron chi connectivity index (χ3n) is 3.15. The zero-order chi connectivity index (χ0) is 12.3. The molecule has 2 amide bonds. The topological polar surface area (TPSA) is 43.8 Å². The molecule has 4 heteroatoms. The van der Waals surface area contributed by atoms with E-state index in [1.807, 2.05) is 4.90 Å². The summed E-state index contributed by atoms with van der Waals surface area (Å²) in [6.45, 7) is 1.70. The molecule has 17 heavy (non-hydrogen) atoms. The Morgan fingerprint density at radius 3 is 2.35 bits per heavy atom. The highest BCUT2D eigenvalue weighted by Crippen LogP contribution is 2.19. The second-order valence-electron chi connectivity index (χ2n) is 4.41. The van der Waals surface area contributed by atoms with Gasteiger partial charge in [-0.25, -0.2) is 4.79 Å². The van der Waals surface area contributed by atoms with Gasteiger partial charge in [-0.3, -0.25) is 4.90 Å². The number of piperidine rings is 1.